The van der Waals surface area contributed by atoms with Crippen LogP contribution in [0.15, 0.2) is 64.7 Å². The number of carbonyl (C=O) groups is 8. The third kappa shape index (κ3) is 7.73. The molecular formula is C31H20Cl4N6O8. The first-order valence-electron chi connectivity index (χ1n) is 13.7. The molecule has 1 heterocycles. The Morgan fingerprint density at radius 2 is 1.47 bits per heavy atom. The van der Waals surface area contributed by atoms with E-state index in [9.17, 15) is 38.4 Å². The van der Waals surface area contributed by atoms with Gasteiger partial charge in [-0.3, -0.25) is 38.4 Å². The van der Waals surface area contributed by atoms with Crippen LogP contribution in [0.5, 0.6) is 0 Å². The average Bonchev–Trinajstić information content (AvgIpc) is 3.37. The Morgan fingerprint density at radius 3 is 2.04 bits per heavy atom. The standard InChI is InChI=1S/C31H20Cl4N6O8/c1-3-39(2)17-6-4-16(5-7-17)36-24-29(38-41(30(24)48)25-20(34)10-15(32)11-21(25)35)37-22-12-18(8-9-19(22)33)40(14-43)31(49)28(47)27(46)26(45)23(44)13-42/h4-14H,3H2,1-2H3,(H,37,38)/b36-24-. The van der Waals surface area contributed by atoms with Crippen molar-refractivity contribution in [2.45, 2.75) is 6.92 Å². The van der Waals surface area contributed by atoms with E-state index in [1.54, 1.807) is 24.3 Å². The van der Waals surface area contributed by atoms with E-state index < -0.39 is 41.2 Å². The van der Waals surface area contributed by atoms with Crippen LogP contribution in [0.2, 0.25) is 20.1 Å². The van der Waals surface area contributed by atoms with Crippen LogP contribution in [0, 0.1) is 0 Å². The minimum atomic E-state index is -2.12. The molecule has 49 heavy (non-hydrogen) atoms. The minimum absolute atomic E-state index is 0.0186. The smallest absolute Gasteiger partial charge is 0.309 e. The molecule has 0 atom stereocenters. The van der Waals surface area contributed by atoms with Crippen LogP contribution in [0.3, 0.4) is 0 Å². The van der Waals surface area contributed by atoms with Gasteiger partial charge in [-0.1, -0.05) is 46.4 Å². The molecule has 0 radical (unpaired) electrons. The zero-order valence-corrected chi connectivity index (χ0v) is 28.1. The predicted octanol–water partition coefficient (Wildman–Crippen LogP) is 4.27. The summed E-state index contributed by atoms with van der Waals surface area (Å²) in [5.41, 5.74) is 0.536. The fourth-order valence-electron chi connectivity index (χ4n) is 4.15. The molecule has 14 nitrogen and oxygen atoms in total. The van der Waals surface area contributed by atoms with E-state index in [1.165, 1.54) is 18.2 Å². The van der Waals surface area contributed by atoms with Crippen LogP contribution in [-0.4, -0.2) is 72.8 Å². The Bertz CT molecular complexity index is 1990. The SMILES string of the molecule is CCN(C)c1ccc(/N=C2\C(=O)N(c3c(Cl)cc(Cl)cc3Cl)N=C2Nc2cc(N(C=O)C(=O)C(=O)C(=O)C(=O)C(=O)C=O)ccc2Cl)cc1. The number of hydrogen-bond donors (Lipinski definition) is 1. The number of aldehydes is 1. The van der Waals surface area contributed by atoms with Gasteiger partial charge in [-0.25, -0.2) is 9.89 Å². The van der Waals surface area contributed by atoms with Crippen molar-refractivity contribution < 1.29 is 38.4 Å². The van der Waals surface area contributed by atoms with Crippen LogP contribution in [0.1, 0.15) is 6.92 Å². The maximum absolute atomic E-state index is 13.8. The van der Waals surface area contributed by atoms with Gasteiger partial charge in [-0.2, -0.15) is 5.01 Å². The number of Topliss-reactive ketones (excluding diaryl/α,β-unsaturated/α-hetero) is 4. The third-order valence-corrected chi connectivity index (χ3v) is 7.89. The number of imide groups is 1. The van der Waals surface area contributed by atoms with E-state index >= 15 is 0 Å². The number of ketones is 4. The fraction of sp³-hybridized carbons (Fsp3) is 0.0968. The van der Waals surface area contributed by atoms with E-state index in [2.05, 4.69) is 15.4 Å². The lowest BCUT2D eigenvalue weighted by molar-refractivity contribution is -0.151. The summed E-state index contributed by atoms with van der Waals surface area (Å²) in [6.45, 7) is 2.71. The summed E-state index contributed by atoms with van der Waals surface area (Å²) in [4.78, 5) is 103. The highest BCUT2D eigenvalue weighted by Crippen LogP contribution is 2.39. The number of rotatable bonds is 12. The molecule has 1 N–H and O–H groups in total. The average molecular weight is 746 g/mol. The van der Waals surface area contributed by atoms with E-state index in [4.69, 9.17) is 46.4 Å². The van der Waals surface area contributed by atoms with Gasteiger partial charge in [0.15, 0.2) is 17.8 Å². The van der Waals surface area contributed by atoms with Crippen molar-refractivity contribution in [3.8, 4) is 0 Å². The number of nitrogens with zero attached hydrogens (tertiary/aromatic N) is 5. The van der Waals surface area contributed by atoms with Gasteiger partial charge >= 0.3 is 11.8 Å². The predicted molar refractivity (Wildman–Crippen MR) is 184 cm³/mol. The van der Waals surface area contributed by atoms with Gasteiger partial charge in [0.1, 0.15) is 5.69 Å². The minimum Gasteiger partial charge on any atom is -0.375 e. The number of amidine groups is 1. The second-order valence-corrected chi connectivity index (χ2v) is 11.5. The molecule has 4 rings (SSSR count). The van der Waals surface area contributed by atoms with Gasteiger partial charge in [0, 0.05) is 24.3 Å². The number of benzene rings is 3. The highest BCUT2D eigenvalue weighted by atomic mass is 35.5. The van der Waals surface area contributed by atoms with Crippen LogP contribution in [-0.2, 0) is 38.4 Å². The first-order chi connectivity index (χ1) is 23.2. The molecule has 1 aliphatic heterocycles. The summed E-state index contributed by atoms with van der Waals surface area (Å²) < 4.78 is 0. The van der Waals surface area contributed by atoms with Gasteiger partial charge in [0.2, 0.25) is 6.41 Å². The third-order valence-electron chi connectivity index (χ3n) is 6.76. The molecule has 0 saturated heterocycles. The van der Waals surface area contributed by atoms with Crippen molar-refractivity contribution in [1.82, 2.24) is 0 Å². The summed E-state index contributed by atoms with van der Waals surface area (Å²) in [6, 6.07) is 13.0. The zero-order valence-electron chi connectivity index (χ0n) is 25.1. The van der Waals surface area contributed by atoms with Gasteiger partial charge < -0.3 is 10.2 Å². The molecule has 3 amide bonds. The fourth-order valence-corrected chi connectivity index (χ4v) is 5.29. The van der Waals surface area contributed by atoms with Crippen molar-refractivity contribution in [1.29, 1.82) is 0 Å². The normalized spacial score (nSPS) is 13.1. The molecule has 18 heteroatoms. The Labute approximate surface area is 296 Å². The molecule has 3 aromatic carbocycles. The molecule has 0 aliphatic carbocycles. The summed E-state index contributed by atoms with van der Waals surface area (Å²) in [5.74, 6) is -10.9. The van der Waals surface area contributed by atoms with E-state index in [0.29, 0.717) is 5.69 Å². The molecule has 0 spiro atoms. The summed E-state index contributed by atoms with van der Waals surface area (Å²) in [7, 11) is 1.90. The number of hydrazone groups is 1. The lowest BCUT2D eigenvalue weighted by atomic mass is 10.1. The van der Waals surface area contributed by atoms with Crippen molar-refractivity contribution in [2.24, 2.45) is 10.1 Å². The zero-order chi connectivity index (χ0) is 36.2. The first-order valence-corrected chi connectivity index (χ1v) is 15.2. The molecule has 0 aromatic heterocycles. The van der Waals surface area contributed by atoms with E-state index in [0.717, 1.165) is 29.4 Å². The number of carbonyl (C=O) groups excluding carboxylic acids is 8. The summed E-state index contributed by atoms with van der Waals surface area (Å²) in [5, 5.41) is 8.12. The molecule has 250 valence electrons. The lowest BCUT2D eigenvalue weighted by Crippen LogP contribution is -2.43. The Balaban J connectivity index is 1.76. The quantitative estimate of drug-likeness (QED) is 0.160. The van der Waals surface area contributed by atoms with Gasteiger partial charge in [0.05, 0.1) is 32.1 Å². The summed E-state index contributed by atoms with van der Waals surface area (Å²) in [6.07, 6.45) is -0.640. The molecule has 0 saturated carbocycles. The number of hydrogen-bond acceptors (Lipinski definition) is 12. The number of nitrogens with one attached hydrogen (secondary N) is 1. The van der Waals surface area contributed by atoms with E-state index in [-0.39, 0.29) is 60.0 Å². The maximum Gasteiger partial charge on any atom is 0.309 e. The van der Waals surface area contributed by atoms with Crippen molar-refractivity contribution in [3.05, 3.63) is 74.7 Å². The van der Waals surface area contributed by atoms with Crippen molar-refractivity contribution >= 4 is 134 Å². The molecule has 0 fully saturated rings. The summed E-state index contributed by atoms with van der Waals surface area (Å²) >= 11 is 25.2. The van der Waals surface area contributed by atoms with Crippen molar-refractivity contribution in [3.63, 3.8) is 0 Å². The number of halogens is 4. The van der Waals surface area contributed by atoms with Gasteiger partial charge in [-0.15, -0.1) is 5.10 Å². The number of amides is 3. The Hall–Kier alpha value is -5.28. The second-order valence-electron chi connectivity index (χ2n) is 9.81. The largest absolute Gasteiger partial charge is 0.375 e. The van der Waals surface area contributed by atoms with Gasteiger partial charge in [-0.05, 0) is 61.5 Å². The van der Waals surface area contributed by atoms with Crippen LogP contribution in [0.4, 0.5) is 28.4 Å². The molecule has 0 bridgehead atoms. The van der Waals surface area contributed by atoms with Crippen molar-refractivity contribution in [2.75, 3.05) is 33.7 Å². The van der Waals surface area contributed by atoms with Crippen LogP contribution >= 0.6 is 46.4 Å². The highest BCUT2D eigenvalue weighted by Gasteiger charge is 2.38. The van der Waals surface area contributed by atoms with Gasteiger partial charge in [0.25, 0.3) is 23.1 Å². The monoisotopic (exact) mass is 744 g/mol. The second kappa shape index (κ2) is 15.3. The maximum atomic E-state index is 13.8. The molecule has 0 unspecified atom stereocenters. The van der Waals surface area contributed by atoms with Crippen LogP contribution in [0.25, 0.3) is 0 Å². The molecule has 1 aliphatic rings. The van der Waals surface area contributed by atoms with Crippen LogP contribution < -0.4 is 20.1 Å². The Kier molecular flexibility index (Phi) is 11.4. The first kappa shape index (κ1) is 36.6. The van der Waals surface area contributed by atoms with E-state index in [1.807, 2.05) is 18.9 Å². The molecule has 3 aromatic rings. The highest BCUT2D eigenvalue weighted by molar-refractivity contribution is 6.91. The Morgan fingerprint density at radius 1 is 0.857 bits per heavy atom. The topological polar surface area (TPSA) is 183 Å². The number of anilines is 4. The number of aliphatic imine (C=N–C) groups is 1. The molecular weight excluding hydrogens is 726 g/mol. The lowest BCUT2D eigenvalue weighted by Gasteiger charge is -2.17.